The molecule has 16 heavy (non-hydrogen) atoms. The first-order valence-corrected chi connectivity index (χ1v) is 4.70. The number of benzene rings is 1. The van der Waals surface area contributed by atoms with Crippen LogP contribution in [0.3, 0.4) is 0 Å². The van der Waals surface area contributed by atoms with Gasteiger partial charge in [-0.3, -0.25) is 9.47 Å². The average Bonchev–Trinajstić information content (AvgIpc) is 2.80. The molecule has 5 heteroatoms. The number of amides is 1. The summed E-state index contributed by atoms with van der Waals surface area (Å²) in [6, 6.07) is 5.57. The summed E-state index contributed by atoms with van der Waals surface area (Å²) >= 11 is 0. The van der Waals surface area contributed by atoms with Gasteiger partial charge < -0.3 is 0 Å². The van der Waals surface area contributed by atoms with E-state index in [1.807, 2.05) is 0 Å². The molecule has 0 aliphatic heterocycles. The van der Waals surface area contributed by atoms with E-state index in [0.717, 1.165) is 0 Å². The minimum Gasteiger partial charge on any atom is -0.297 e. The molecule has 0 spiro atoms. The highest BCUT2D eigenvalue weighted by Crippen LogP contribution is 2.14. The Bertz CT molecular complexity index is 496. The fourth-order valence-electron chi connectivity index (χ4n) is 1.34. The fraction of sp³-hybridized carbons (Fsp3) is 0.0909. The molecular formula is C11H10FN3O. The zero-order valence-electron chi connectivity index (χ0n) is 8.67. The van der Waals surface area contributed by atoms with Gasteiger partial charge in [0.15, 0.2) is 0 Å². The van der Waals surface area contributed by atoms with Crippen LogP contribution in [0.1, 0.15) is 0 Å². The van der Waals surface area contributed by atoms with E-state index < -0.39 is 0 Å². The second-order valence-corrected chi connectivity index (χ2v) is 3.29. The standard InChI is InChI=1S/C11H10FN3O/c1-14(10-4-2-3-9(12)7-10)11(16)15-6-5-13-8-15/h2-8H,1H3. The molecule has 0 atom stereocenters. The van der Waals surface area contributed by atoms with Crippen LogP contribution >= 0.6 is 0 Å². The third kappa shape index (κ3) is 1.93. The topological polar surface area (TPSA) is 38.1 Å². The van der Waals surface area contributed by atoms with Crippen LogP contribution in [0.25, 0.3) is 0 Å². The Morgan fingerprint density at radius 3 is 2.94 bits per heavy atom. The first-order valence-electron chi connectivity index (χ1n) is 4.70. The largest absolute Gasteiger partial charge is 0.333 e. The lowest BCUT2D eigenvalue weighted by atomic mass is 10.3. The van der Waals surface area contributed by atoms with Crippen LogP contribution in [0.4, 0.5) is 14.9 Å². The first kappa shape index (κ1) is 10.4. The monoisotopic (exact) mass is 219 g/mol. The molecule has 0 N–H and O–H groups in total. The maximum atomic E-state index is 13.0. The van der Waals surface area contributed by atoms with Gasteiger partial charge in [-0.15, -0.1) is 0 Å². The van der Waals surface area contributed by atoms with E-state index in [0.29, 0.717) is 5.69 Å². The molecule has 2 rings (SSSR count). The number of hydrogen-bond acceptors (Lipinski definition) is 2. The van der Waals surface area contributed by atoms with Gasteiger partial charge >= 0.3 is 6.03 Å². The molecule has 0 saturated carbocycles. The van der Waals surface area contributed by atoms with Crippen LogP contribution in [0.2, 0.25) is 0 Å². The van der Waals surface area contributed by atoms with Crippen molar-refractivity contribution in [2.45, 2.75) is 0 Å². The van der Waals surface area contributed by atoms with Crippen molar-refractivity contribution in [1.29, 1.82) is 0 Å². The summed E-state index contributed by atoms with van der Waals surface area (Å²) in [5, 5.41) is 0. The quantitative estimate of drug-likeness (QED) is 0.736. The highest BCUT2D eigenvalue weighted by molar-refractivity contribution is 5.92. The maximum absolute atomic E-state index is 13.0. The van der Waals surface area contributed by atoms with Gasteiger partial charge in [-0.1, -0.05) is 6.07 Å². The Hall–Kier alpha value is -2.17. The molecule has 0 aliphatic rings. The Balaban J connectivity index is 2.26. The number of imidazole rings is 1. The van der Waals surface area contributed by atoms with Gasteiger partial charge in [0, 0.05) is 25.1 Å². The van der Waals surface area contributed by atoms with E-state index >= 15 is 0 Å². The zero-order chi connectivity index (χ0) is 11.5. The Morgan fingerprint density at radius 2 is 2.31 bits per heavy atom. The van der Waals surface area contributed by atoms with Crippen LogP contribution in [0.15, 0.2) is 43.0 Å². The molecule has 1 aromatic carbocycles. The second-order valence-electron chi connectivity index (χ2n) is 3.29. The van der Waals surface area contributed by atoms with Crippen LogP contribution in [0.5, 0.6) is 0 Å². The van der Waals surface area contributed by atoms with Gasteiger partial charge in [0.2, 0.25) is 0 Å². The summed E-state index contributed by atoms with van der Waals surface area (Å²) in [5.74, 6) is -0.372. The van der Waals surface area contributed by atoms with Crippen LogP contribution < -0.4 is 4.90 Å². The smallest absolute Gasteiger partial charge is 0.297 e. The molecular weight excluding hydrogens is 209 g/mol. The van der Waals surface area contributed by atoms with Crippen LogP contribution in [-0.4, -0.2) is 22.6 Å². The minimum absolute atomic E-state index is 0.289. The van der Waals surface area contributed by atoms with E-state index in [1.165, 1.54) is 40.3 Å². The molecule has 1 heterocycles. The SMILES string of the molecule is CN(C(=O)n1ccnc1)c1cccc(F)c1. The van der Waals surface area contributed by atoms with Crippen molar-refractivity contribution in [3.8, 4) is 0 Å². The first-order chi connectivity index (χ1) is 7.68. The van der Waals surface area contributed by atoms with Crippen LogP contribution in [-0.2, 0) is 0 Å². The normalized spacial score (nSPS) is 10.1. The molecule has 0 saturated heterocycles. The van der Waals surface area contributed by atoms with Gasteiger partial charge in [0.1, 0.15) is 12.1 Å². The van der Waals surface area contributed by atoms with E-state index in [9.17, 15) is 9.18 Å². The van der Waals surface area contributed by atoms with E-state index in [2.05, 4.69) is 4.98 Å². The molecule has 0 aliphatic carbocycles. The van der Waals surface area contributed by atoms with Gasteiger partial charge in [-0.2, -0.15) is 0 Å². The van der Waals surface area contributed by atoms with Crippen molar-refractivity contribution in [2.75, 3.05) is 11.9 Å². The maximum Gasteiger partial charge on any atom is 0.333 e. The Morgan fingerprint density at radius 1 is 1.50 bits per heavy atom. The third-order valence-electron chi connectivity index (χ3n) is 2.21. The Labute approximate surface area is 91.9 Å². The zero-order valence-corrected chi connectivity index (χ0v) is 8.67. The van der Waals surface area contributed by atoms with Crippen LogP contribution in [0, 0.1) is 5.82 Å². The highest BCUT2D eigenvalue weighted by Gasteiger charge is 2.12. The number of aromatic nitrogens is 2. The summed E-state index contributed by atoms with van der Waals surface area (Å²) in [6.07, 6.45) is 4.45. The minimum atomic E-state index is -0.372. The molecule has 0 fully saturated rings. The highest BCUT2D eigenvalue weighted by atomic mass is 19.1. The molecule has 0 bridgehead atoms. The second kappa shape index (κ2) is 4.14. The molecule has 0 radical (unpaired) electrons. The molecule has 0 unspecified atom stereocenters. The number of hydrogen-bond donors (Lipinski definition) is 0. The molecule has 2 aromatic rings. The third-order valence-corrected chi connectivity index (χ3v) is 2.21. The van der Waals surface area contributed by atoms with Crippen molar-refractivity contribution in [1.82, 2.24) is 9.55 Å². The van der Waals surface area contributed by atoms with Crippen molar-refractivity contribution in [2.24, 2.45) is 0 Å². The summed E-state index contributed by atoms with van der Waals surface area (Å²) in [4.78, 5) is 17.0. The number of anilines is 1. The predicted molar refractivity (Wildman–Crippen MR) is 57.8 cm³/mol. The lowest BCUT2D eigenvalue weighted by Gasteiger charge is -2.17. The predicted octanol–water partition coefficient (Wildman–Crippen LogP) is 2.13. The fourth-order valence-corrected chi connectivity index (χ4v) is 1.34. The number of carbonyl (C=O) groups excluding carboxylic acids is 1. The number of halogens is 1. The van der Waals surface area contributed by atoms with Gasteiger partial charge in [0.05, 0.1) is 0 Å². The molecule has 4 nitrogen and oxygen atoms in total. The van der Waals surface area contributed by atoms with Crippen molar-refractivity contribution >= 4 is 11.7 Å². The van der Waals surface area contributed by atoms with Crippen molar-refractivity contribution < 1.29 is 9.18 Å². The van der Waals surface area contributed by atoms with Gasteiger partial charge in [-0.05, 0) is 18.2 Å². The average molecular weight is 219 g/mol. The number of rotatable bonds is 1. The summed E-state index contributed by atoms with van der Waals surface area (Å²) in [6.45, 7) is 0. The molecule has 1 amide bonds. The lowest BCUT2D eigenvalue weighted by Crippen LogP contribution is -2.30. The molecule has 82 valence electrons. The van der Waals surface area contributed by atoms with Crippen molar-refractivity contribution in [3.63, 3.8) is 0 Å². The number of carbonyl (C=O) groups is 1. The summed E-state index contributed by atoms with van der Waals surface area (Å²) in [5.41, 5.74) is 0.499. The van der Waals surface area contributed by atoms with Gasteiger partial charge in [-0.25, -0.2) is 14.2 Å². The Kier molecular flexibility index (Phi) is 2.68. The molecule has 1 aromatic heterocycles. The van der Waals surface area contributed by atoms with E-state index in [-0.39, 0.29) is 11.8 Å². The van der Waals surface area contributed by atoms with Crippen molar-refractivity contribution in [3.05, 3.63) is 48.8 Å². The van der Waals surface area contributed by atoms with E-state index in [4.69, 9.17) is 0 Å². The van der Waals surface area contributed by atoms with E-state index in [1.54, 1.807) is 19.2 Å². The lowest BCUT2D eigenvalue weighted by molar-refractivity contribution is 0.249. The number of nitrogens with zero attached hydrogens (tertiary/aromatic N) is 3. The van der Waals surface area contributed by atoms with Gasteiger partial charge in [0.25, 0.3) is 0 Å². The summed E-state index contributed by atoms with van der Waals surface area (Å²) in [7, 11) is 1.58. The summed E-state index contributed by atoms with van der Waals surface area (Å²) < 4.78 is 14.3.